The van der Waals surface area contributed by atoms with Crippen molar-refractivity contribution in [1.29, 1.82) is 0 Å². The van der Waals surface area contributed by atoms with Crippen molar-refractivity contribution in [1.82, 2.24) is 4.98 Å². The molecule has 0 unspecified atom stereocenters. The SMILES string of the molecule is O=S(=O)(CC=Cc1cccnc1)C1=CCCc2c1ccc1c2CCc2ccccc2-1. The van der Waals surface area contributed by atoms with Crippen molar-refractivity contribution in [2.75, 3.05) is 5.75 Å². The van der Waals surface area contributed by atoms with Crippen molar-refractivity contribution in [3.05, 3.63) is 101 Å². The smallest absolute Gasteiger partial charge is 0.182 e. The fourth-order valence-electron chi connectivity index (χ4n) is 4.64. The molecular formula is C26H23NO2S. The molecule has 2 aliphatic rings. The molecule has 1 aromatic heterocycles. The predicted molar refractivity (Wildman–Crippen MR) is 123 cm³/mol. The number of pyridine rings is 1. The first-order valence-electron chi connectivity index (χ1n) is 10.4. The zero-order valence-electron chi connectivity index (χ0n) is 16.7. The largest absolute Gasteiger partial charge is 0.264 e. The van der Waals surface area contributed by atoms with Crippen LogP contribution in [0.25, 0.3) is 22.1 Å². The quantitative estimate of drug-likeness (QED) is 0.586. The van der Waals surface area contributed by atoms with Gasteiger partial charge in [-0.05, 0) is 70.7 Å². The minimum atomic E-state index is -3.40. The Hall–Kier alpha value is -2.98. The van der Waals surface area contributed by atoms with E-state index in [-0.39, 0.29) is 5.75 Å². The highest BCUT2D eigenvalue weighted by Crippen LogP contribution is 2.41. The molecule has 3 nitrogen and oxygen atoms in total. The molecule has 2 aromatic carbocycles. The van der Waals surface area contributed by atoms with Crippen LogP contribution in [0.15, 0.2) is 73.1 Å². The molecule has 1 heterocycles. The van der Waals surface area contributed by atoms with E-state index in [9.17, 15) is 8.42 Å². The summed E-state index contributed by atoms with van der Waals surface area (Å²) in [6.45, 7) is 0. The van der Waals surface area contributed by atoms with Crippen LogP contribution < -0.4 is 0 Å². The highest BCUT2D eigenvalue weighted by molar-refractivity contribution is 8.00. The zero-order chi connectivity index (χ0) is 20.6. The molecule has 30 heavy (non-hydrogen) atoms. The molecule has 0 N–H and O–H groups in total. The summed E-state index contributed by atoms with van der Waals surface area (Å²) < 4.78 is 26.3. The van der Waals surface area contributed by atoms with Gasteiger partial charge in [-0.15, -0.1) is 0 Å². The maximum Gasteiger partial charge on any atom is 0.182 e. The Labute approximate surface area is 177 Å². The molecule has 4 heteroatoms. The van der Waals surface area contributed by atoms with E-state index in [0.29, 0.717) is 4.91 Å². The Morgan fingerprint density at radius 1 is 0.867 bits per heavy atom. The number of hydrogen-bond acceptors (Lipinski definition) is 3. The second kappa shape index (κ2) is 7.69. The molecule has 3 aromatic rings. The Kier molecular flexibility index (Phi) is 4.87. The Morgan fingerprint density at radius 3 is 2.57 bits per heavy atom. The lowest BCUT2D eigenvalue weighted by Gasteiger charge is -2.27. The summed E-state index contributed by atoms with van der Waals surface area (Å²) in [5, 5.41) is 0. The van der Waals surface area contributed by atoms with Crippen molar-refractivity contribution in [2.24, 2.45) is 0 Å². The number of benzene rings is 2. The Morgan fingerprint density at radius 2 is 1.70 bits per heavy atom. The van der Waals surface area contributed by atoms with Gasteiger partial charge < -0.3 is 0 Å². The van der Waals surface area contributed by atoms with Gasteiger partial charge in [0.25, 0.3) is 0 Å². The van der Waals surface area contributed by atoms with Gasteiger partial charge in [0.2, 0.25) is 0 Å². The third-order valence-corrected chi connectivity index (χ3v) is 7.71. The minimum absolute atomic E-state index is 0.00686. The van der Waals surface area contributed by atoms with Crippen LogP contribution in [0.5, 0.6) is 0 Å². The van der Waals surface area contributed by atoms with E-state index in [1.165, 1.54) is 27.8 Å². The van der Waals surface area contributed by atoms with Crippen LogP contribution in [0.4, 0.5) is 0 Å². The summed E-state index contributed by atoms with van der Waals surface area (Å²) in [5.41, 5.74) is 8.29. The van der Waals surface area contributed by atoms with E-state index >= 15 is 0 Å². The summed E-state index contributed by atoms with van der Waals surface area (Å²) in [6.07, 6.45) is 12.5. The van der Waals surface area contributed by atoms with Gasteiger partial charge in [0.05, 0.1) is 10.7 Å². The number of aromatic nitrogens is 1. The molecule has 5 rings (SSSR count). The number of fused-ring (bicyclic) bond motifs is 5. The summed E-state index contributed by atoms with van der Waals surface area (Å²) in [4.78, 5) is 4.55. The van der Waals surface area contributed by atoms with Crippen molar-refractivity contribution < 1.29 is 8.42 Å². The van der Waals surface area contributed by atoms with Gasteiger partial charge in [-0.2, -0.15) is 0 Å². The number of allylic oxidation sites excluding steroid dienone is 1. The van der Waals surface area contributed by atoms with E-state index < -0.39 is 9.84 Å². The lowest BCUT2D eigenvalue weighted by molar-refractivity contribution is 0.608. The molecule has 0 atom stereocenters. The Bertz CT molecular complexity index is 1270. The number of aryl methyl sites for hydroxylation is 1. The fourth-order valence-corrected chi connectivity index (χ4v) is 6.06. The molecular weight excluding hydrogens is 390 g/mol. The van der Waals surface area contributed by atoms with E-state index in [4.69, 9.17) is 0 Å². The number of nitrogens with zero attached hydrogens (tertiary/aromatic N) is 1. The zero-order valence-corrected chi connectivity index (χ0v) is 17.5. The van der Waals surface area contributed by atoms with Crippen LogP contribution in [0.3, 0.4) is 0 Å². The van der Waals surface area contributed by atoms with Crippen molar-refractivity contribution in [2.45, 2.75) is 25.7 Å². The molecule has 2 aliphatic carbocycles. The monoisotopic (exact) mass is 413 g/mol. The standard InChI is InChI=1S/C26H23NO2S/c28-30(29,17-5-7-19-6-4-16-27-18-19)26-11-3-10-22-24-13-12-20-8-1-2-9-21(20)23(24)14-15-25(22)26/h1-2,4-9,11,14-16,18H,3,10,12-13,17H2. The van der Waals surface area contributed by atoms with Crippen LogP contribution in [0.2, 0.25) is 0 Å². The van der Waals surface area contributed by atoms with Gasteiger partial charge in [0.15, 0.2) is 9.84 Å². The van der Waals surface area contributed by atoms with E-state index in [1.807, 2.05) is 30.4 Å². The van der Waals surface area contributed by atoms with E-state index in [1.54, 1.807) is 18.5 Å². The third-order valence-electron chi connectivity index (χ3n) is 6.02. The molecule has 0 amide bonds. The van der Waals surface area contributed by atoms with E-state index in [2.05, 4.69) is 35.3 Å². The topological polar surface area (TPSA) is 47.0 Å². The van der Waals surface area contributed by atoms with Gasteiger partial charge in [-0.3, -0.25) is 4.98 Å². The number of rotatable bonds is 4. The van der Waals surface area contributed by atoms with Crippen molar-refractivity contribution in [3.8, 4) is 11.1 Å². The first kappa shape index (κ1) is 19.0. The first-order valence-corrected chi connectivity index (χ1v) is 12.0. The van der Waals surface area contributed by atoms with Crippen LogP contribution in [-0.2, 0) is 29.1 Å². The van der Waals surface area contributed by atoms with Crippen LogP contribution in [-0.4, -0.2) is 19.2 Å². The first-order chi connectivity index (χ1) is 14.6. The third kappa shape index (κ3) is 3.41. The molecule has 0 radical (unpaired) electrons. The second-order valence-electron chi connectivity index (χ2n) is 7.85. The van der Waals surface area contributed by atoms with E-state index in [0.717, 1.165) is 36.8 Å². The van der Waals surface area contributed by atoms with Crippen molar-refractivity contribution in [3.63, 3.8) is 0 Å². The predicted octanol–water partition coefficient (Wildman–Crippen LogP) is 5.26. The molecule has 0 bridgehead atoms. The lowest BCUT2D eigenvalue weighted by atomic mass is 9.79. The average Bonchev–Trinajstić information content (AvgIpc) is 2.78. The van der Waals surface area contributed by atoms with Gasteiger partial charge in [-0.1, -0.05) is 60.7 Å². The highest BCUT2D eigenvalue weighted by Gasteiger charge is 2.27. The van der Waals surface area contributed by atoms with Crippen molar-refractivity contribution >= 4 is 20.8 Å². The normalized spacial score (nSPS) is 15.3. The number of sulfone groups is 1. The molecule has 0 aliphatic heterocycles. The minimum Gasteiger partial charge on any atom is -0.264 e. The molecule has 0 saturated heterocycles. The van der Waals surface area contributed by atoms with Crippen LogP contribution >= 0.6 is 0 Å². The highest BCUT2D eigenvalue weighted by atomic mass is 32.2. The molecule has 0 saturated carbocycles. The summed E-state index contributed by atoms with van der Waals surface area (Å²) in [7, 11) is -3.40. The average molecular weight is 414 g/mol. The summed E-state index contributed by atoms with van der Waals surface area (Å²) >= 11 is 0. The molecule has 0 fully saturated rings. The second-order valence-corrected chi connectivity index (χ2v) is 9.85. The maximum atomic E-state index is 13.2. The van der Waals surface area contributed by atoms with Gasteiger partial charge in [-0.25, -0.2) is 8.42 Å². The van der Waals surface area contributed by atoms with Gasteiger partial charge in [0, 0.05) is 12.4 Å². The van der Waals surface area contributed by atoms with Crippen LogP contribution in [0, 0.1) is 0 Å². The maximum absolute atomic E-state index is 13.2. The lowest BCUT2D eigenvalue weighted by Crippen LogP contribution is -2.15. The van der Waals surface area contributed by atoms with Gasteiger partial charge >= 0.3 is 0 Å². The summed E-state index contributed by atoms with van der Waals surface area (Å²) in [5.74, 6) is -0.00686. The molecule has 0 spiro atoms. The Balaban J connectivity index is 1.49. The van der Waals surface area contributed by atoms with Gasteiger partial charge in [0.1, 0.15) is 0 Å². The fraction of sp³-hybridized carbons (Fsp3) is 0.192. The molecule has 150 valence electrons. The summed E-state index contributed by atoms with van der Waals surface area (Å²) in [6, 6.07) is 16.4. The number of hydrogen-bond donors (Lipinski definition) is 0. The van der Waals surface area contributed by atoms with Crippen LogP contribution in [0.1, 0.15) is 34.2 Å².